The van der Waals surface area contributed by atoms with E-state index in [1.165, 1.54) is 7.05 Å². The number of nitrogens with one attached hydrogen (secondary N) is 2. The lowest BCUT2D eigenvalue weighted by Crippen LogP contribution is -2.43. The van der Waals surface area contributed by atoms with Crippen molar-refractivity contribution in [3.8, 4) is 0 Å². The Morgan fingerprint density at radius 2 is 2.00 bits per heavy atom. The first-order valence-corrected chi connectivity index (χ1v) is 7.72. The Morgan fingerprint density at radius 1 is 1.27 bits per heavy atom. The molecule has 26 heavy (non-hydrogen) atoms. The highest BCUT2D eigenvalue weighted by Gasteiger charge is 2.27. The number of rotatable bonds is 6. The minimum atomic E-state index is -1.31. The van der Waals surface area contributed by atoms with Crippen LogP contribution < -0.4 is 5.32 Å². The average Bonchev–Trinajstić information content (AvgIpc) is 3.18. The van der Waals surface area contributed by atoms with Crippen molar-refractivity contribution in [3.05, 3.63) is 53.5 Å². The maximum absolute atomic E-state index is 12.5. The van der Waals surface area contributed by atoms with Gasteiger partial charge in [-0.05, 0) is 11.6 Å². The quantitative estimate of drug-likeness (QED) is 0.520. The zero-order chi connectivity index (χ0) is 18.8. The van der Waals surface area contributed by atoms with Crippen molar-refractivity contribution in [2.45, 2.75) is 12.5 Å². The first-order chi connectivity index (χ1) is 12.4. The molecular weight excluding hydrogens is 340 g/mol. The molecule has 2 aromatic heterocycles. The Balaban J connectivity index is 1.86. The molecule has 1 amide bonds. The molecule has 0 saturated heterocycles. The van der Waals surface area contributed by atoms with Gasteiger partial charge in [0, 0.05) is 30.6 Å². The van der Waals surface area contributed by atoms with Gasteiger partial charge in [-0.15, -0.1) is 0 Å². The summed E-state index contributed by atoms with van der Waals surface area (Å²) in [6, 6.07) is 6.18. The highest BCUT2D eigenvalue weighted by molar-refractivity contribution is 6.04. The lowest BCUT2D eigenvalue weighted by atomic mass is 10.0. The van der Waals surface area contributed by atoms with Crippen LogP contribution in [0.1, 0.15) is 26.4 Å². The van der Waals surface area contributed by atoms with Crippen LogP contribution in [0.5, 0.6) is 0 Å². The summed E-state index contributed by atoms with van der Waals surface area (Å²) >= 11 is 0. The number of carbonyl (C=O) groups excluding carboxylic acids is 1. The maximum atomic E-state index is 12.5. The van der Waals surface area contributed by atoms with Gasteiger partial charge >= 0.3 is 11.9 Å². The summed E-state index contributed by atoms with van der Waals surface area (Å²) < 4.78 is 1.10. The van der Waals surface area contributed by atoms with Crippen LogP contribution in [0.3, 0.4) is 0 Å². The molecule has 0 bridgehead atoms. The lowest BCUT2D eigenvalue weighted by Gasteiger charge is -2.14. The van der Waals surface area contributed by atoms with Crippen molar-refractivity contribution in [1.29, 1.82) is 0 Å². The molecule has 4 N–H and O–H groups in total. The van der Waals surface area contributed by atoms with Crippen molar-refractivity contribution in [2.75, 3.05) is 0 Å². The topological polar surface area (TPSA) is 137 Å². The van der Waals surface area contributed by atoms with Gasteiger partial charge in [0.05, 0.1) is 6.20 Å². The normalized spacial score (nSPS) is 12.0. The number of fused-ring (bicyclic) bond motifs is 1. The molecule has 0 fully saturated rings. The smallest absolute Gasteiger partial charge is 0.339 e. The van der Waals surface area contributed by atoms with E-state index < -0.39 is 23.9 Å². The van der Waals surface area contributed by atoms with Gasteiger partial charge in [-0.25, -0.2) is 9.59 Å². The van der Waals surface area contributed by atoms with Crippen molar-refractivity contribution >= 4 is 28.7 Å². The largest absolute Gasteiger partial charge is 0.480 e. The lowest BCUT2D eigenvalue weighted by molar-refractivity contribution is -0.139. The van der Waals surface area contributed by atoms with Crippen LogP contribution in [0.15, 0.2) is 36.7 Å². The third-order valence-electron chi connectivity index (χ3n) is 4.09. The highest BCUT2D eigenvalue weighted by atomic mass is 16.4. The molecular formula is C17H16N4O5. The van der Waals surface area contributed by atoms with E-state index in [9.17, 15) is 19.5 Å². The number of hydrogen-bond donors (Lipinski definition) is 4. The SMILES string of the molecule is Cn1ncc(C(=O)O)c1C(=O)NC(Cc1c[nH]c2ccccc12)C(=O)O. The summed E-state index contributed by atoms with van der Waals surface area (Å²) in [6.45, 7) is 0. The number of aryl methyl sites for hydroxylation is 1. The number of para-hydroxylation sites is 1. The summed E-state index contributed by atoms with van der Waals surface area (Å²) in [6.07, 6.45) is 2.79. The summed E-state index contributed by atoms with van der Waals surface area (Å²) in [5.41, 5.74) is 1.10. The van der Waals surface area contributed by atoms with Gasteiger partial charge in [0.1, 0.15) is 17.3 Å². The van der Waals surface area contributed by atoms with Crippen LogP contribution in [-0.2, 0) is 18.3 Å². The molecule has 0 aliphatic heterocycles. The van der Waals surface area contributed by atoms with Crippen molar-refractivity contribution in [3.63, 3.8) is 0 Å². The van der Waals surface area contributed by atoms with Crippen LogP contribution >= 0.6 is 0 Å². The maximum Gasteiger partial charge on any atom is 0.339 e. The third-order valence-corrected chi connectivity index (χ3v) is 4.09. The molecule has 0 aliphatic rings. The number of aromatic carboxylic acids is 1. The second-order valence-electron chi connectivity index (χ2n) is 5.76. The summed E-state index contributed by atoms with van der Waals surface area (Å²) in [5.74, 6) is -3.34. The van der Waals surface area contributed by atoms with E-state index in [0.717, 1.165) is 27.3 Å². The van der Waals surface area contributed by atoms with E-state index in [4.69, 9.17) is 5.11 Å². The zero-order valence-electron chi connectivity index (χ0n) is 13.8. The molecule has 0 aliphatic carbocycles. The third kappa shape index (κ3) is 3.14. The highest BCUT2D eigenvalue weighted by Crippen LogP contribution is 2.19. The van der Waals surface area contributed by atoms with Gasteiger partial charge in [0.15, 0.2) is 0 Å². The second kappa shape index (κ2) is 6.71. The summed E-state index contributed by atoms with van der Waals surface area (Å²) in [5, 5.41) is 25.6. The van der Waals surface area contributed by atoms with Crippen LogP contribution in [-0.4, -0.2) is 48.9 Å². The van der Waals surface area contributed by atoms with Gasteiger partial charge in [0.2, 0.25) is 0 Å². The number of H-pyrrole nitrogens is 1. The fourth-order valence-electron chi connectivity index (χ4n) is 2.81. The predicted octanol–water partition coefficient (Wildman–Crippen LogP) is 1.03. The fourth-order valence-corrected chi connectivity index (χ4v) is 2.81. The van der Waals surface area contributed by atoms with Crippen molar-refractivity contribution in [1.82, 2.24) is 20.1 Å². The molecule has 9 heteroatoms. The molecule has 134 valence electrons. The minimum Gasteiger partial charge on any atom is -0.480 e. The fraction of sp³-hybridized carbons (Fsp3) is 0.176. The number of nitrogens with zero attached hydrogens (tertiary/aromatic N) is 2. The molecule has 1 unspecified atom stereocenters. The molecule has 9 nitrogen and oxygen atoms in total. The first kappa shape index (κ1) is 17.2. The van der Waals surface area contributed by atoms with E-state index in [-0.39, 0.29) is 17.7 Å². The molecule has 3 rings (SSSR count). The molecule has 3 aromatic rings. The molecule has 1 atom stereocenters. The molecule has 0 radical (unpaired) electrons. The Morgan fingerprint density at radius 3 is 2.69 bits per heavy atom. The van der Waals surface area contributed by atoms with Gasteiger partial charge in [-0.2, -0.15) is 5.10 Å². The Hall–Kier alpha value is -3.62. The van der Waals surface area contributed by atoms with E-state index in [0.29, 0.717) is 0 Å². The van der Waals surface area contributed by atoms with E-state index in [1.807, 2.05) is 24.3 Å². The monoisotopic (exact) mass is 356 g/mol. The number of carboxylic acid groups (broad SMARTS) is 2. The van der Waals surface area contributed by atoms with Gasteiger partial charge in [-0.1, -0.05) is 18.2 Å². The van der Waals surface area contributed by atoms with Gasteiger partial charge in [0.25, 0.3) is 5.91 Å². The van der Waals surface area contributed by atoms with Crippen molar-refractivity contribution < 1.29 is 24.6 Å². The standard InChI is InChI=1S/C17H16N4O5/c1-21-14(11(8-19-21)16(23)24)15(22)20-13(17(25)26)6-9-7-18-12-5-3-2-4-10(9)12/h2-5,7-8,13,18H,6H2,1H3,(H,20,22)(H,23,24)(H,25,26). The molecule has 0 saturated carbocycles. The number of aliphatic carboxylic acids is 1. The van der Waals surface area contributed by atoms with Crippen LogP contribution in [0.4, 0.5) is 0 Å². The van der Waals surface area contributed by atoms with E-state index >= 15 is 0 Å². The second-order valence-corrected chi connectivity index (χ2v) is 5.76. The number of aromatic amines is 1. The van der Waals surface area contributed by atoms with E-state index in [2.05, 4.69) is 15.4 Å². The van der Waals surface area contributed by atoms with Gasteiger partial charge in [-0.3, -0.25) is 9.48 Å². The van der Waals surface area contributed by atoms with Crippen LogP contribution in [0, 0.1) is 0 Å². The predicted molar refractivity (Wildman–Crippen MR) is 91.1 cm³/mol. The number of benzene rings is 1. The minimum absolute atomic E-state index is 0.0470. The first-order valence-electron chi connectivity index (χ1n) is 7.72. The molecule has 0 spiro atoms. The average molecular weight is 356 g/mol. The van der Waals surface area contributed by atoms with E-state index in [1.54, 1.807) is 6.20 Å². The Labute approximate surface area is 147 Å². The van der Waals surface area contributed by atoms with Crippen molar-refractivity contribution in [2.24, 2.45) is 7.05 Å². The Kier molecular flexibility index (Phi) is 4.44. The number of carbonyl (C=O) groups is 3. The summed E-state index contributed by atoms with van der Waals surface area (Å²) in [7, 11) is 1.41. The number of aromatic nitrogens is 3. The van der Waals surface area contributed by atoms with Crippen LogP contribution in [0.25, 0.3) is 10.9 Å². The summed E-state index contributed by atoms with van der Waals surface area (Å²) in [4.78, 5) is 38.3. The van der Waals surface area contributed by atoms with Gasteiger partial charge < -0.3 is 20.5 Å². The Bertz CT molecular complexity index is 1000. The number of amides is 1. The van der Waals surface area contributed by atoms with Crippen LogP contribution in [0.2, 0.25) is 0 Å². The number of carboxylic acids is 2. The molecule has 1 aromatic carbocycles. The number of hydrogen-bond acceptors (Lipinski definition) is 4. The molecule has 2 heterocycles. The zero-order valence-corrected chi connectivity index (χ0v) is 13.8.